The Labute approximate surface area is 170 Å². The first kappa shape index (κ1) is 19.2. The summed E-state index contributed by atoms with van der Waals surface area (Å²) >= 11 is 0. The minimum atomic E-state index is -0.988. The predicted octanol–water partition coefficient (Wildman–Crippen LogP) is 2.76. The van der Waals surface area contributed by atoms with Crippen molar-refractivity contribution in [2.75, 3.05) is 13.2 Å². The molecule has 0 unspecified atom stereocenters. The second-order valence-electron chi connectivity index (χ2n) is 7.47. The third kappa shape index (κ3) is 3.88. The first-order valence-electron chi connectivity index (χ1n) is 10.0. The largest absolute Gasteiger partial charge is 0.465 e. The molecule has 150 valence electrons. The van der Waals surface area contributed by atoms with Gasteiger partial charge in [0.25, 0.3) is 0 Å². The van der Waals surface area contributed by atoms with Crippen molar-refractivity contribution >= 4 is 17.8 Å². The molecule has 0 saturated heterocycles. The van der Waals surface area contributed by atoms with Crippen LogP contribution in [0.4, 0.5) is 0 Å². The molecule has 0 aliphatic carbocycles. The van der Waals surface area contributed by atoms with Gasteiger partial charge >= 0.3 is 5.97 Å². The minimum absolute atomic E-state index is 0.225. The first-order chi connectivity index (χ1) is 14.1. The Kier molecular flexibility index (Phi) is 5.34. The van der Waals surface area contributed by atoms with E-state index in [4.69, 9.17) is 9.73 Å². The first-order valence-corrected chi connectivity index (χ1v) is 10.0. The van der Waals surface area contributed by atoms with Gasteiger partial charge in [0.05, 0.1) is 6.61 Å². The Morgan fingerprint density at radius 3 is 2.76 bits per heavy atom. The van der Waals surface area contributed by atoms with E-state index in [-0.39, 0.29) is 12.5 Å². The molecule has 6 nitrogen and oxygen atoms in total. The number of benzene rings is 2. The molecule has 0 bridgehead atoms. The van der Waals surface area contributed by atoms with E-state index in [1.54, 1.807) is 6.92 Å². The van der Waals surface area contributed by atoms with Crippen molar-refractivity contribution in [1.82, 2.24) is 10.2 Å². The van der Waals surface area contributed by atoms with Crippen LogP contribution in [0.25, 0.3) is 0 Å². The maximum absolute atomic E-state index is 13.0. The smallest absolute Gasteiger partial charge is 0.321 e. The summed E-state index contributed by atoms with van der Waals surface area (Å²) in [6.45, 7) is 5.39. The number of rotatable bonds is 3. The number of guanidine groups is 1. The summed E-state index contributed by atoms with van der Waals surface area (Å²) in [4.78, 5) is 32.4. The lowest BCUT2D eigenvalue weighted by Gasteiger charge is -2.36. The van der Waals surface area contributed by atoms with Crippen molar-refractivity contribution in [3.63, 3.8) is 0 Å². The van der Waals surface area contributed by atoms with Gasteiger partial charge in [-0.3, -0.25) is 14.9 Å². The normalized spacial score (nSPS) is 21.1. The lowest BCUT2D eigenvalue weighted by Crippen LogP contribution is -2.53. The maximum atomic E-state index is 13.0. The van der Waals surface area contributed by atoms with Gasteiger partial charge < -0.3 is 9.64 Å². The quantitative estimate of drug-likeness (QED) is 0.645. The standard InChI is InChI=1S/C23H25N3O3/c1-3-29-22(28)19-20(17-10-6-7-15(2)13-17)24-23(25-21(19)27)26-12-11-16-8-4-5-9-18(16)14-26/h4-10,13,19-20H,3,11-12,14H2,1-2H3,(H,24,25,27)/t19-,20+/m1/s1. The van der Waals surface area contributed by atoms with Crippen molar-refractivity contribution in [2.45, 2.75) is 32.9 Å². The Morgan fingerprint density at radius 1 is 1.21 bits per heavy atom. The van der Waals surface area contributed by atoms with Crippen LogP contribution in [0.2, 0.25) is 0 Å². The SMILES string of the molecule is CCOC(=O)[C@H]1C(=O)NC(N2CCc3ccccc3C2)=N[C@H]1c1cccc(C)c1. The Hall–Kier alpha value is -3.15. The van der Waals surface area contributed by atoms with Crippen molar-refractivity contribution in [3.05, 3.63) is 70.8 Å². The van der Waals surface area contributed by atoms with Crippen molar-refractivity contribution < 1.29 is 14.3 Å². The molecule has 0 saturated carbocycles. The number of aliphatic imine (C=N–C) groups is 1. The third-order valence-corrected chi connectivity index (χ3v) is 5.45. The second-order valence-corrected chi connectivity index (χ2v) is 7.47. The molecular weight excluding hydrogens is 366 g/mol. The van der Waals surface area contributed by atoms with Gasteiger partial charge in [0.15, 0.2) is 5.92 Å². The van der Waals surface area contributed by atoms with Crippen LogP contribution in [0.15, 0.2) is 53.5 Å². The number of hydrogen-bond acceptors (Lipinski definition) is 5. The number of fused-ring (bicyclic) bond motifs is 1. The monoisotopic (exact) mass is 391 g/mol. The molecule has 0 radical (unpaired) electrons. The van der Waals surface area contributed by atoms with Crippen molar-refractivity contribution in [2.24, 2.45) is 10.9 Å². The van der Waals surface area contributed by atoms with Gasteiger partial charge in [0.1, 0.15) is 6.04 Å². The molecule has 29 heavy (non-hydrogen) atoms. The average Bonchev–Trinajstić information content (AvgIpc) is 2.73. The fourth-order valence-corrected chi connectivity index (χ4v) is 4.00. The Morgan fingerprint density at radius 2 is 2.00 bits per heavy atom. The van der Waals surface area contributed by atoms with Gasteiger partial charge in [0, 0.05) is 13.1 Å². The number of aryl methyl sites for hydroxylation is 1. The summed E-state index contributed by atoms with van der Waals surface area (Å²) in [5.41, 5.74) is 4.45. The molecule has 0 aromatic heterocycles. The van der Waals surface area contributed by atoms with Gasteiger partial charge in [-0.05, 0) is 37.0 Å². The van der Waals surface area contributed by atoms with E-state index in [9.17, 15) is 9.59 Å². The van der Waals surface area contributed by atoms with Crippen LogP contribution >= 0.6 is 0 Å². The van der Waals surface area contributed by atoms with E-state index in [0.717, 1.165) is 24.1 Å². The van der Waals surface area contributed by atoms with Gasteiger partial charge in [0.2, 0.25) is 11.9 Å². The fourth-order valence-electron chi connectivity index (χ4n) is 4.00. The van der Waals surface area contributed by atoms with Gasteiger partial charge in [-0.2, -0.15) is 0 Å². The van der Waals surface area contributed by atoms with Crippen LogP contribution in [-0.2, 0) is 27.3 Å². The zero-order chi connectivity index (χ0) is 20.4. The highest BCUT2D eigenvalue weighted by atomic mass is 16.5. The molecule has 1 amide bonds. The average molecular weight is 391 g/mol. The van der Waals surface area contributed by atoms with Crippen LogP contribution in [-0.4, -0.2) is 35.9 Å². The molecule has 2 aliphatic heterocycles. The number of hydrogen-bond donors (Lipinski definition) is 1. The van der Waals surface area contributed by atoms with E-state index in [2.05, 4.69) is 22.3 Å². The lowest BCUT2D eigenvalue weighted by atomic mass is 9.90. The van der Waals surface area contributed by atoms with E-state index in [1.807, 2.05) is 43.3 Å². The second kappa shape index (κ2) is 8.07. The Balaban J connectivity index is 1.69. The van der Waals surface area contributed by atoms with Gasteiger partial charge in [-0.1, -0.05) is 54.1 Å². The summed E-state index contributed by atoms with van der Waals surface area (Å²) in [7, 11) is 0. The number of carbonyl (C=O) groups is 2. The topological polar surface area (TPSA) is 71.0 Å². The van der Waals surface area contributed by atoms with Gasteiger partial charge in [-0.25, -0.2) is 4.99 Å². The van der Waals surface area contributed by atoms with Crippen LogP contribution in [0.5, 0.6) is 0 Å². The zero-order valence-electron chi connectivity index (χ0n) is 16.7. The fraction of sp³-hybridized carbons (Fsp3) is 0.348. The molecule has 0 fully saturated rings. The van der Waals surface area contributed by atoms with E-state index >= 15 is 0 Å². The molecule has 1 N–H and O–H groups in total. The van der Waals surface area contributed by atoms with Crippen LogP contribution in [0.1, 0.15) is 35.2 Å². The summed E-state index contributed by atoms with van der Waals surface area (Å²) in [5, 5.41) is 2.86. The predicted molar refractivity (Wildman–Crippen MR) is 110 cm³/mol. The maximum Gasteiger partial charge on any atom is 0.321 e. The van der Waals surface area contributed by atoms with Gasteiger partial charge in [-0.15, -0.1) is 0 Å². The van der Waals surface area contributed by atoms with Crippen LogP contribution in [0.3, 0.4) is 0 Å². The molecule has 6 heteroatoms. The third-order valence-electron chi connectivity index (χ3n) is 5.45. The molecule has 2 aromatic rings. The number of ether oxygens (including phenoxy) is 1. The molecule has 4 rings (SSSR count). The Bertz CT molecular complexity index is 969. The molecule has 2 atom stereocenters. The highest BCUT2D eigenvalue weighted by Crippen LogP contribution is 2.32. The highest BCUT2D eigenvalue weighted by Gasteiger charge is 2.42. The molecule has 2 heterocycles. The summed E-state index contributed by atoms with van der Waals surface area (Å²) in [5.74, 6) is -1.36. The summed E-state index contributed by atoms with van der Waals surface area (Å²) in [6.07, 6.45) is 0.890. The van der Waals surface area contributed by atoms with E-state index in [0.29, 0.717) is 12.5 Å². The van der Waals surface area contributed by atoms with Crippen molar-refractivity contribution in [3.8, 4) is 0 Å². The summed E-state index contributed by atoms with van der Waals surface area (Å²) < 4.78 is 5.18. The lowest BCUT2D eigenvalue weighted by molar-refractivity contribution is -0.153. The summed E-state index contributed by atoms with van der Waals surface area (Å²) in [6, 6.07) is 15.5. The molecule has 0 spiro atoms. The number of esters is 1. The molecular formula is C23H25N3O3. The number of amides is 1. The van der Waals surface area contributed by atoms with Crippen LogP contribution in [0, 0.1) is 12.8 Å². The number of nitrogens with one attached hydrogen (secondary N) is 1. The van der Waals surface area contributed by atoms with Crippen molar-refractivity contribution in [1.29, 1.82) is 0 Å². The molecule has 2 aromatic carbocycles. The van der Waals surface area contributed by atoms with E-state index < -0.39 is 17.9 Å². The highest BCUT2D eigenvalue weighted by molar-refractivity contribution is 6.08. The molecule has 2 aliphatic rings. The minimum Gasteiger partial charge on any atom is -0.465 e. The number of carbonyl (C=O) groups excluding carboxylic acids is 2. The van der Waals surface area contributed by atoms with Crippen LogP contribution < -0.4 is 5.32 Å². The number of nitrogens with zero attached hydrogens (tertiary/aromatic N) is 2. The zero-order valence-corrected chi connectivity index (χ0v) is 16.7. The van der Waals surface area contributed by atoms with E-state index in [1.165, 1.54) is 11.1 Å².